The van der Waals surface area contributed by atoms with Crippen molar-refractivity contribution in [2.24, 2.45) is 0 Å². The topological polar surface area (TPSA) is 86.8 Å². The Morgan fingerprint density at radius 2 is 1.90 bits per heavy atom. The first-order chi connectivity index (χ1) is 14.9. The number of hydrogen-bond donors (Lipinski definition) is 1. The maximum Gasteiger partial charge on any atom is 0.243 e. The average molecular weight is 446 g/mol. The SMILES string of the molecule is CC(=O)N1c2ccc(S(=O)(=O)N3CCCC3)cc2C[C@H]1C(=O)NCCC1=CCCCC1. The smallest absolute Gasteiger partial charge is 0.243 e. The molecule has 31 heavy (non-hydrogen) atoms. The molecule has 8 heteroatoms. The summed E-state index contributed by atoms with van der Waals surface area (Å²) in [7, 11) is -3.54. The zero-order valence-corrected chi connectivity index (χ0v) is 18.9. The van der Waals surface area contributed by atoms with Gasteiger partial charge in [-0.2, -0.15) is 4.31 Å². The maximum absolute atomic E-state index is 12.9. The monoisotopic (exact) mass is 445 g/mol. The Morgan fingerprint density at radius 3 is 2.58 bits per heavy atom. The lowest BCUT2D eigenvalue weighted by atomic mass is 9.97. The number of anilines is 1. The lowest BCUT2D eigenvalue weighted by Gasteiger charge is -2.24. The molecule has 168 valence electrons. The zero-order valence-electron chi connectivity index (χ0n) is 18.1. The third-order valence-electron chi connectivity index (χ3n) is 6.51. The van der Waals surface area contributed by atoms with Crippen LogP contribution < -0.4 is 10.2 Å². The van der Waals surface area contributed by atoms with E-state index in [0.29, 0.717) is 31.7 Å². The number of carbonyl (C=O) groups excluding carboxylic acids is 2. The van der Waals surface area contributed by atoms with Crippen molar-refractivity contribution in [3.63, 3.8) is 0 Å². The number of amides is 2. The minimum absolute atomic E-state index is 0.188. The highest BCUT2D eigenvalue weighted by molar-refractivity contribution is 7.89. The van der Waals surface area contributed by atoms with Gasteiger partial charge in [0.15, 0.2) is 0 Å². The van der Waals surface area contributed by atoms with E-state index in [-0.39, 0.29) is 16.7 Å². The number of benzene rings is 1. The molecule has 2 aliphatic heterocycles. The van der Waals surface area contributed by atoms with Crippen LogP contribution in [0.3, 0.4) is 0 Å². The van der Waals surface area contributed by atoms with Crippen molar-refractivity contribution in [3.8, 4) is 0 Å². The van der Waals surface area contributed by atoms with Crippen molar-refractivity contribution in [3.05, 3.63) is 35.4 Å². The first-order valence-electron chi connectivity index (χ1n) is 11.3. The highest BCUT2D eigenvalue weighted by Crippen LogP contribution is 2.35. The van der Waals surface area contributed by atoms with Gasteiger partial charge in [-0.25, -0.2) is 8.42 Å². The highest BCUT2D eigenvalue weighted by Gasteiger charge is 2.38. The van der Waals surface area contributed by atoms with Gasteiger partial charge in [0.05, 0.1) is 4.90 Å². The molecule has 1 aromatic carbocycles. The molecule has 0 aromatic heterocycles. The van der Waals surface area contributed by atoms with E-state index < -0.39 is 16.1 Å². The summed E-state index contributed by atoms with van der Waals surface area (Å²) in [5, 5.41) is 2.98. The van der Waals surface area contributed by atoms with Gasteiger partial charge in [0.2, 0.25) is 21.8 Å². The summed E-state index contributed by atoms with van der Waals surface area (Å²) in [5.41, 5.74) is 2.75. The fourth-order valence-electron chi connectivity index (χ4n) is 4.86. The molecule has 1 N–H and O–H groups in total. The Bertz CT molecular complexity index is 996. The van der Waals surface area contributed by atoms with Crippen LogP contribution in [-0.4, -0.2) is 50.2 Å². The van der Waals surface area contributed by atoms with Crippen LogP contribution in [0, 0.1) is 0 Å². The molecule has 1 aliphatic carbocycles. The van der Waals surface area contributed by atoms with Crippen molar-refractivity contribution in [2.45, 2.75) is 69.2 Å². The predicted molar refractivity (Wildman–Crippen MR) is 119 cm³/mol. The minimum atomic E-state index is -3.54. The van der Waals surface area contributed by atoms with E-state index in [4.69, 9.17) is 0 Å². The van der Waals surface area contributed by atoms with Crippen LogP contribution in [0.25, 0.3) is 0 Å². The van der Waals surface area contributed by atoms with E-state index >= 15 is 0 Å². The summed E-state index contributed by atoms with van der Waals surface area (Å²) in [6.07, 6.45) is 9.84. The molecule has 1 saturated heterocycles. The second-order valence-electron chi connectivity index (χ2n) is 8.66. The van der Waals surface area contributed by atoms with E-state index in [1.807, 2.05) is 0 Å². The second kappa shape index (κ2) is 9.12. The average Bonchev–Trinajstić information content (AvgIpc) is 3.42. The maximum atomic E-state index is 12.9. The molecule has 0 spiro atoms. The number of carbonyl (C=O) groups is 2. The standard InChI is InChI=1S/C23H31N3O4S/c1-17(27)26-21-10-9-20(31(29,30)25-13-5-6-14-25)15-19(21)16-22(26)23(28)24-12-11-18-7-3-2-4-8-18/h7,9-10,15,22H,2-6,8,11-14,16H2,1H3,(H,24,28)/t22-/m0/s1. The first kappa shape index (κ1) is 22.0. The van der Waals surface area contributed by atoms with Crippen molar-refractivity contribution < 1.29 is 18.0 Å². The third kappa shape index (κ3) is 4.55. The Morgan fingerprint density at radius 1 is 1.13 bits per heavy atom. The fraction of sp³-hybridized carbons (Fsp3) is 0.565. The van der Waals surface area contributed by atoms with Gasteiger partial charge in [0.1, 0.15) is 6.04 Å². The van der Waals surface area contributed by atoms with E-state index in [2.05, 4.69) is 11.4 Å². The molecule has 1 fully saturated rings. The predicted octanol–water partition coefficient (Wildman–Crippen LogP) is 2.76. The van der Waals surface area contributed by atoms with Gasteiger partial charge in [0, 0.05) is 38.7 Å². The molecule has 3 aliphatic rings. The summed E-state index contributed by atoms with van der Waals surface area (Å²) in [5.74, 6) is -0.407. The molecule has 0 bridgehead atoms. The molecule has 4 rings (SSSR count). The molecule has 1 aromatic rings. The number of nitrogens with zero attached hydrogens (tertiary/aromatic N) is 2. The third-order valence-corrected chi connectivity index (χ3v) is 8.41. The summed E-state index contributed by atoms with van der Waals surface area (Å²) in [6, 6.07) is 4.22. The van der Waals surface area contributed by atoms with Crippen molar-refractivity contribution in [1.82, 2.24) is 9.62 Å². The molecule has 2 heterocycles. The summed E-state index contributed by atoms with van der Waals surface area (Å²) >= 11 is 0. The van der Waals surface area contributed by atoms with Crippen LogP contribution >= 0.6 is 0 Å². The highest BCUT2D eigenvalue weighted by atomic mass is 32.2. The molecule has 1 atom stereocenters. The van der Waals surface area contributed by atoms with E-state index in [0.717, 1.165) is 37.7 Å². The Labute approximate surface area is 184 Å². The van der Waals surface area contributed by atoms with E-state index in [9.17, 15) is 18.0 Å². The molecule has 0 unspecified atom stereocenters. The lowest BCUT2D eigenvalue weighted by Crippen LogP contribution is -2.47. The Hall–Kier alpha value is -2.19. The van der Waals surface area contributed by atoms with Crippen molar-refractivity contribution in [2.75, 3.05) is 24.5 Å². The zero-order chi connectivity index (χ0) is 22.0. The molecular weight excluding hydrogens is 414 g/mol. The molecule has 0 radical (unpaired) electrons. The fourth-order valence-corrected chi connectivity index (χ4v) is 6.43. The molecule has 0 saturated carbocycles. The number of nitrogens with one attached hydrogen (secondary N) is 1. The molecule has 7 nitrogen and oxygen atoms in total. The number of rotatable bonds is 6. The van der Waals surface area contributed by atoms with Gasteiger partial charge in [0.25, 0.3) is 0 Å². The summed E-state index contributed by atoms with van der Waals surface area (Å²) in [6.45, 7) is 3.08. The quantitative estimate of drug-likeness (QED) is 0.682. The van der Waals surface area contributed by atoms with Crippen LogP contribution in [0.1, 0.15) is 57.4 Å². The molecular formula is C23H31N3O4S. The van der Waals surface area contributed by atoms with Gasteiger partial charge >= 0.3 is 0 Å². The van der Waals surface area contributed by atoms with Gasteiger partial charge in [-0.1, -0.05) is 11.6 Å². The van der Waals surface area contributed by atoms with Crippen molar-refractivity contribution >= 4 is 27.5 Å². The Balaban J connectivity index is 1.48. The summed E-state index contributed by atoms with van der Waals surface area (Å²) in [4.78, 5) is 27.0. The van der Waals surface area contributed by atoms with Crippen LogP contribution in [0.2, 0.25) is 0 Å². The largest absolute Gasteiger partial charge is 0.354 e. The van der Waals surface area contributed by atoms with E-state index in [1.165, 1.54) is 34.5 Å². The van der Waals surface area contributed by atoms with Crippen LogP contribution in [0.4, 0.5) is 5.69 Å². The Kier molecular flexibility index (Phi) is 6.48. The van der Waals surface area contributed by atoms with E-state index in [1.54, 1.807) is 18.2 Å². The van der Waals surface area contributed by atoms with Gasteiger partial charge in [-0.05, 0) is 68.7 Å². The number of hydrogen-bond acceptors (Lipinski definition) is 4. The van der Waals surface area contributed by atoms with Gasteiger partial charge in [-0.15, -0.1) is 0 Å². The number of sulfonamides is 1. The minimum Gasteiger partial charge on any atom is -0.354 e. The van der Waals surface area contributed by atoms with Crippen LogP contribution in [-0.2, 0) is 26.0 Å². The second-order valence-corrected chi connectivity index (χ2v) is 10.6. The van der Waals surface area contributed by atoms with Gasteiger partial charge in [-0.3, -0.25) is 14.5 Å². The first-order valence-corrected chi connectivity index (χ1v) is 12.7. The lowest BCUT2D eigenvalue weighted by molar-refractivity contribution is -0.125. The van der Waals surface area contributed by atoms with Crippen LogP contribution in [0.15, 0.2) is 34.7 Å². The number of fused-ring (bicyclic) bond motifs is 1. The normalized spacial score (nSPS) is 21.6. The number of allylic oxidation sites excluding steroid dienone is 1. The summed E-state index contributed by atoms with van der Waals surface area (Å²) < 4.78 is 27.3. The molecule has 2 amide bonds. The van der Waals surface area contributed by atoms with Crippen molar-refractivity contribution in [1.29, 1.82) is 0 Å². The van der Waals surface area contributed by atoms with Gasteiger partial charge < -0.3 is 5.32 Å². The van der Waals surface area contributed by atoms with Crippen LogP contribution in [0.5, 0.6) is 0 Å².